The van der Waals surface area contributed by atoms with Crippen molar-refractivity contribution in [3.8, 4) is 0 Å². The van der Waals surface area contributed by atoms with Gasteiger partial charge < -0.3 is 0 Å². The predicted molar refractivity (Wildman–Crippen MR) is 88.8 cm³/mol. The molecule has 0 amide bonds. The Bertz CT molecular complexity index is 778. The van der Waals surface area contributed by atoms with Gasteiger partial charge in [-0.1, -0.05) is 0 Å². The molecule has 22 heavy (non-hydrogen) atoms. The first kappa shape index (κ1) is 15.9. The molecule has 0 aromatic carbocycles. The molecule has 2 aromatic heterocycles. The Morgan fingerprint density at radius 1 is 1.45 bits per heavy atom. The van der Waals surface area contributed by atoms with Crippen LogP contribution >= 0.6 is 11.3 Å². The van der Waals surface area contributed by atoms with Crippen molar-refractivity contribution in [2.75, 3.05) is 19.3 Å². The maximum absolute atomic E-state index is 11.4. The van der Waals surface area contributed by atoms with Crippen molar-refractivity contribution < 1.29 is 8.42 Å². The number of hydrogen-bond donors (Lipinski definition) is 1. The maximum Gasteiger partial charge on any atom is 0.208 e. The van der Waals surface area contributed by atoms with Gasteiger partial charge >= 0.3 is 0 Å². The van der Waals surface area contributed by atoms with E-state index in [9.17, 15) is 8.42 Å². The minimum atomic E-state index is -3.14. The molecule has 0 unspecified atom stereocenters. The first-order chi connectivity index (χ1) is 10.3. The van der Waals surface area contributed by atoms with Gasteiger partial charge in [-0.05, 0) is 33.2 Å². The lowest BCUT2D eigenvalue weighted by Gasteiger charge is -2.32. The van der Waals surface area contributed by atoms with E-state index in [0.717, 1.165) is 43.1 Å². The number of likely N-dealkylation sites (tertiary alicyclic amines) is 1. The summed E-state index contributed by atoms with van der Waals surface area (Å²) < 4.78 is 27.7. The van der Waals surface area contributed by atoms with Crippen LogP contribution in [0, 0.1) is 13.8 Å². The quantitative estimate of drug-likeness (QED) is 0.915. The van der Waals surface area contributed by atoms with Crippen LogP contribution < -0.4 is 4.72 Å². The second-order valence-electron chi connectivity index (χ2n) is 6.10. The van der Waals surface area contributed by atoms with Crippen LogP contribution in [0.25, 0.3) is 4.96 Å². The summed E-state index contributed by atoms with van der Waals surface area (Å²) in [6.45, 7) is 6.69. The highest BCUT2D eigenvalue weighted by atomic mass is 32.2. The van der Waals surface area contributed by atoms with Gasteiger partial charge in [-0.3, -0.25) is 9.30 Å². The lowest BCUT2D eigenvalue weighted by Crippen LogP contribution is -2.47. The highest BCUT2D eigenvalue weighted by Crippen LogP contribution is 2.23. The summed E-state index contributed by atoms with van der Waals surface area (Å²) in [5, 5.41) is 0. The van der Waals surface area contributed by atoms with Gasteiger partial charge in [0, 0.05) is 30.2 Å². The van der Waals surface area contributed by atoms with Gasteiger partial charge in [0.25, 0.3) is 0 Å². The number of aryl methyl sites for hydroxylation is 2. The Balaban J connectivity index is 1.75. The van der Waals surface area contributed by atoms with Gasteiger partial charge in [-0.15, -0.1) is 11.3 Å². The van der Waals surface area contributed by atoms with E-state index in [1.807, 2.05) is 6.92 Å². The second kappa shape index (κ2) is 5.92. The maximum atomic E-state index is 11.4. The third kappa shape index (κ3) is 3.51. The number of nitrogens with zero attached hydrogens (tertiary/aromatic N) is 3. The van der Waals surface area contributed by atoms with Gasteiger partial charge in [-0.2, -0.15) is 0 Å². The molecule has 2 aromatic rings. The number of hydrogen-bond acceptors (Lipinski definition) is 5. The van der Waals surface area contributed by atoms with Crippen LogP contribution in [0.3, 0.4) is 0 Å². The first-order valence-corrected chi connectivity index (χ1v) is 10.2. The van der Waals surface area contributed by atoms with E-state index in [4.69, 9.17) is 0 Å². The number of rotatable bonds is 4. The standard InChI is InChI=1S/C14H22N4O2S2/c1-10-7-18-13(11(2)15-14(18)21-10)9-17-6-4-5-12(8-17)16-22(3,19)20/h7,12,16H,4-6,8-9H2,1-3H3/t12-/m0/s1. The Kier molecular flexibility index (Phi) is 4.28. The zero-order valence-electron chi connectivity index (χ0n) is 13.2. The van der Waals surface area contributed by atoms with Gasteiger partial charge in [0.1, 0.15) is 0 Å². The monoisotopic (exact) mass is 342 g/mol. The molecule has 1 saturated heterocycles. The van der Waals surface area contributed by atoms with E-state index in [0.29, 0.717) is 0 Å². The molecule has 0 spiro atoms. The smallest absolute Gasteiger partial charge is 0.208 e. The van der Waals surface area contributed by atoms with Crippen molar-refractivity contribution in [2.24, 2.45) is 0 Å². The van der Waals surface area contributed by atoms with Crippen LogP contribution in [0.15, 0.2) is 6.20 Å². The van der Waals surface area contributed by atoms with Crippen molar-refractivity contribution in [3.63, 3.8) is 0 Å². The number of aromatic nitrogens is 2. The van der Waals surface area contributed by atoms with Crippen LogP contribution in [0.5, 0.6) is 0 Å². The highest BCUT2D eigenvalue weighted by Gasteiger charge is 2.24. The summed E-state index contributed by atoms with van der Waals surface area (Å²) in [4.78, 5) is 9.22. The molecule has 0 bridgehead atoms. The average molecular weight is 342 g/mol. The van der Waals surface area contributed by atoms with Crippen molar-refractivity contribution >= 4 is 26.3 Å². The van der Waals surface area contributed by atoms with Gasteiger partial charge in [0.2, 0.25) is 10.0 Å². The summed E-state index contributed by atoms with van der Waals surface area (Å²) in [6, 6.07) is 0.0108. The average Bonchev–Trinajstić information content (AvgIpc) is 2.86. The molecular weight excluding hydrogens is 320 g/mol. The normalized spacial score (nSPS) is 20.8. The van der Waals surface area contributed by atoms with Crippen LogP contribution in [-0.4, -0.2) is 48.1 Å². The summed E-state index contributed by atoms with van der Waals surface area (Å²) in [5.74, 6) is 0. The second-order valence-corrected chi connectivity index (χ2v) is 9.10. The molecule has 3 heterocycles. The van der Waals surface area contributed by atoms with Crippen molar-refractivity contribution in [1.82, 2.24) is 19.0 Å². The number of nitrogens with one attached hydrogen (secondary N) is 1. The summed E-state index contributed by atoms with van der Waals surface area (Å²) in [7, 11) is -3.14. The number of piperidine rings is 1. The highest BCUT2D eigenvalue weighted by molar-refractivity contribution is 7.88. The predicted octanol–water partition coefficient (Wildman–Crippen LogP) is 1.53. The molecule has 3 rings (SSSR count). The fourth-order valence-corrected chi connectivity index (χ4v) is 4.80. The summed E-state index contributed by atoms with van der Waals surface area (Å²) in [6.07, 6.45) is 5.27. The van der Waals surface area contributed by atoms with Crippen LogP contribution in [-0.2, 0) is 16.6 Å². The topological polar surface area (TPSA) is 66.7 Å². The minimum Gasteiger partial charge on any atom is -0.296 e. The van der Waals surface area contributed by atoms with E-state index in [1.165, 1.54) is 16.8 Å². The number of sulfonamides is 1. The number of imidazole rings is 1. The fourth-order valence-electron chi connectivity index (χ4n) is 3.11. The molecule has 122 valence electrons. The lowest BCUT2D eigenvalue weighted by atomic mass is 10.1. The van der Waals surface area contributed by atoms with Gasteiger partial charge in [0.15, 0.2) is 4.96 Å². The molecular formula is C14H22N4O2S2. The van der Waals surface area contributed by atoms with Crippen LogP contribution in [0.1, 0.15) is 29.1 Å². The SMILES string of the molecule is Cc1cn2c(CN3CCC[C@H](NS(C)(=O)=O)C3)c(C)nc2s1. The van der Waals surface area contributed by atoms with Crippen molar-refractivity contribution in [1.29, 1.82) is 0 Å². The molecule has 0 saturated carbocycles. The lowest BCUT2D eigenvalue weighted by molar-refractivity contribution is 0.192. The third-order valence-corrected chi connectivity index (χ3v) is 5.66. The summed E-state index contributed by atoms with van der Waals surface area (Å²) >= 11 is 1.70. The van der Waals surface area contributed by atoms with E-state index in [-0.39, 0.29) is 6.04 Å². The fraction of sp³-hybridized carbons (Fsp3) is 0.643. The van der Waals surface area contributed by atoms with Gasteiger partial charge in [-0.25, -0.2) is 18.1 Å². The van der Waals surface area contributed by atoms with E-state index >= 15 is 0 Å². The van der Waals surface area contributed by atoms with E-state index < -0.39 is 10.0 Å². The number of fused-ring (bicyclic) bond motifs is 1. The van der Waals surface area contributed by atoms with Crippen molar-refractivity contribution in [3.05, 3.63) is 22.5 Å². The zero-order chi connectivity index (χ0) is 15.9. The Morgan fingerprint density at radius 2 is 2.23 bits per heavy atom. The first-order valence-electron chi connectivity index (χ1n) is 7.45. The number of thiazole rings is 1. The van der Waals surface area contributed by atoms with Crippen molar-refractivity contribution in [2.45, 2.75) is 39.3 Å². The third-order valence-electron chi connectivity index (χ3n) is 4.00. The van der Waals surface area contributed by atoms with Crippen LogP contribution in [0.4, 0.5) is 0 Å². The summed E-state index contributed by atoms with van der Waals surface area (Å²) in [5.41, 5.74) is 2.27. The minimum absolute atomic E-state index is 0.0108. The van der Waals surface area contributed by atoms with E-state index in [1.54, 1.807) is 11.3 Å². The zero-order valence-corrected chi connectivity index (χ0v) is 14.8. The van der Waals surface area contributed by atoms with Crippen LogP contribution in [0.2, 0.25) is 0 Å². The molecule has 1 fully saturated rings. The Labute approximate surface area is 135 Å². The van der Waals surface area contributed by atoms with Gasteiger partial charge in [0.05, 0.1) is 17.6 Å². The largest absolute Gasteiger partial charge is 0.296 e. The molecule has 0 radical (unpaired) electrons. The molecule has 0 aliphatic carbocycles. The van der Waals surface area contributed by atoms with E-state index in [2.05, 4.69) is 32.1 Å². The Hall–Kier alpha value is -0.960. The molecule has 1 aliphatic heterocycles. The molecule has 1 aliphatic rings. The molecule has 6 nitrogen and oxygen atoms in total. The molecule has 1 N–H and O–H groups in total. The molecule has 1 atom stereocenters. The molecule has 8 heteroatoms. The Morgan fingerprint density at radius 3 is 2.95 bits per heavy atom.